The van der Waals surface area contributed by atoms with Crippen LogP contribution in [0.3, 0.4) is 0 Å². The maximum atomic E-state index is 4.04. The van der Waals surface area contributed by atoms with Crippen LogP contribution in [0.4, 0.5) is 0 Å². The average Bonchev–Trinajstić information content (AvgIpc) is 2.55. The lowest BCUT2D eigenvalue weighted by atomic mass is 10.1. The van der Waals surface area contributed by atoms with Gasteiger partial charge in [-0.3, -0.25) is 0 Å². The predicted octanol–water partition coefficient (Wildman–Crippen LogP) is 7.01. The first-order chi connectivity index (χ1) is 10.8. The lowest BCUT2D eigenvalue weighted by molar-refractivity contribution is -0.248. The Balaban J connectivity index is 0. The van der Waals surface area contributed by atoms with E-state index in [-0.39, 0.29) is 0 Å². The van der Waals surface area contributed by atoms with Crippen LogP contribution in [0.2, 0.25) is 0 Å². The van der Waals surface area contributed by atoms with Crippen LogP contribution in [0.15, 0.2) is 24.3 Å². The smallest absolute Gasteiger partial charge is 0.0712 e. The van der Waals surface area contributed by atoms with E-state index in [0.717, 1.165) is 0 Å². The minimum Gasteiger partial charge on any atom is -0.240 e. The third-order valence-corrected chi connectivity index (χ3v) is 3.45. The molecule has 0 unspecified atom stereocenters. The zero-order valence-electron chi connectivity index (χ0n) is 15.6. The monoisotopic (exact) mass is 312 g/mol. The molecule has 0 saturated heterocycles. The molecule has 0 fully saturated rings. The molecule has 0 aromatic heterocycles. The van der Waals surface area contributed by atoms with E-state index in [1.165, 1.54) is 91.3 Å². The van der Waals surface area contributed by atoms with Crippen molar-refractivity contribution >= 4 is 0 Å². The Morgan fingerprint density at radius 3 is 1.36 bits per heavy atom. The molecule has 0 N–H and O–H groups in total. The van der Waals surface area contributed by atoms with Crippen LogP contribution >= 0.6 is 0 Å². The number of rotatable bonds is 14. The average molecular weight is 313 g/mol. The molecule has 0 bridgehead atoms. The lowest BCUT2D eigenvalue weighted by Crippen LogP contribution is -1.79. The minimum atomic E-state index is 1.19. The maximum absolute atomic E-state index is 4.04. The first-order valence-corrected chi connectivity index (χ1v) is 9.20. The van der Waals surface area contributed by atoms with E-state index in [1.54, 1.807) is 0 Å². The van der Waals surface area contributed by atoms with Crippen molar-refractivity contribution in [3.05, 3.63) is 24.3 Å². The molecule has 0 spiro atoms. The van der Waals surface area contributed by atoms with Crippen LogP contribution < -0.4 is 0 Å². The Bertz CT molecular complexity index is 220. The Labute approximate surface area is 139 Å². The summed E-state index contributed by atoms with van der Waals surface area (Å²) in [5.74, 6) is 0. The summed E-state index contributed by atoms with van der Waals surface area (Å²) < 4.78 is 0. The quantitative estimate of drug-likeness (QED) is 0.148. The molecule has 0 radical (unpaired) electrons. The minimum absolute atomic E-state index is 1.19. The zero-order valence-corrected chi connectivity index (χ0v) is 15.6. The van der Waals surface area contributed by atoms with Crippen molar-refractivity contribution in [2.45, 2.75) is 90.9 Å². The Kier molecular flexibility index (Phi) is 27.3. The molecule has 0 aliphatic rings. The Hall–Kier alpha value is -0.600. The topological polar surface area (TPSA) is 18.5 Å². The molecule has 0 aliphatic carbocycles. The molecule has 0 heterocycles. The number of hydrogen-bond donors (Lipinski definition) is 0. The molecule has 0 saturated carbocycles. The van der Waals surface area contributed by atoms with Crippen LogP contribution in [-0.2, 0) is 9.78 Å². The maximum Gasteiger partial charge on any atom is 0.0712 e. The molecule has 2 nitrogen and oxygen atoms in total. The molecule has 0 aromatic carbocycles. The summed E-state index contributed by atoms with van der Waals surface area (Å²) in [5.41, 5.74) is 0. The molecule has 22 heavy (non-hydrogen) atoms. The highest BCUT2D eigenvalue weighted by atomic mass is 17.2. The van der Waals surface area contributed by atoms with Gasteiger partial charge in [-0.2, -0.15) is 0 Å². The largest absolute Gasteiger partial charge is 0.240 e. The van der Waals surface area contributed by atoms with Crippen molar-refractivity contribution in [2.24, 2.45) is 0 Å². The third kappa shape index (κ3) is 27.7. The zero-order chi connectivity index (χ0) is 16.7. The summed E-state index contributed by atoms with van der Waals surface area (Å²) in [5, 5.41) is 0. The number of hydrogen-bond acceptors (Lipinski definition) is 2. The van der Waals surface area contributed by atoms with Crippen LogP contribution in [0.25, 0.3) is 0 Å². The van der Waals surface area contributed by atoms with Crippen molar-refractivity contribution < 1.29 is 9.78 Å². The summed E-state index contributed by atoms with van der Waals surface area (Å²) in [6, 6.07) is 0. The first kappa shape index (κ1) is 23.7. The van der Waals surface area contributed by atoms with Crippen molar-refractivity contribution in [1.29, 1.82) is 0 Å². The van der Waals surface area contributed by atoms with Gasteiger partial charge in [-0.05, 0) is 38.5 Å². The van der Waals surface area contributed by atoms with Gasteiger partial charge in [0.1, 0.15) is 0 Å². The van der Waals surface area contributed by atoms with Crippen molar-refractivity contribution in [1.82, 2.24) is 0 Å². The Morgan fingerprint density at radius 2 is 0.955 bits per heavy atom. The highest BCUT2D eigenvalue weighted by Gasteiger charge is 1.89. The third-order valence-electron chi connectivity index (χ3n) is 3.45. The summed E-state index contributed by atoms with van der Waals surface area (Å²) in [6.07, 6.45) is 25.5. The predicted molar refractivity (Wildman–Crippen MR) is 99.1 cm³/mol. The second-order valence-electron chi connectivity index (χ2n) is 5.53. The van der Waals surface area contributed by atoms with Crippen LogP contribution in [0, 0.1) is 0 Å². The normalized spacial score (nSPS) is 11.1. The fourth-order valence-electron chi connectivity index (χ4n) is 2.07. The van der Waals surface area contributed by atoms with E-state index in [2.05, 4.69) is 47.9 Å². The lowest BCUT2D eigenvalue weighted by Gasteiger charge is -1.99. The van der Waals surface area contributed by atoms with Gasteiger partial charge < -0.3 is 0 Å². The summed E-state index contributed by atoms with van der Waals surface area (Å²) in [7, 11) is 2.92. The molecule has 0 rings (SSSR count). The van der Waals surface area contributed by atoms with Gasteiger partial charge in [0.2, 0.25) is 0 Å². The van der Waals surface area contributed by atoms with Gasteiger partial charge in [-0.15, -0.1) is 0 Å². The molecule has 0 atom stereocenters. The number of allylic oxidation sites excluding steroid dienone is 4. The van der Waals surface area contributed by atoms with Gasteiger partial charge >= 0.3 is 0 Å². The van der Waals surface area contributed by atoms with E-state index in [0.29, 0.717) is 0 Å². The van der Waals surface area contributed by atoms with Gasteiger partial charge in [-0.1, -0.05) is 76.7 Å². The van der Waals surface area contributed by atoms with Crippen LogP contribution in [0.5, 0.6) is 0 Å². The fourth-order valence-corrected chi connectivity index (χ4v) is 2.07. The standard InChI is InChI=1S/C18H34.C2H6O2/c1-3-5-7-9-11-13-15-17-18-16-14-12-10-8-6-4-2;1-3-4-2/h5,7,10,12H,3-4,6,8-9,11,13-18H2,1-2H3;1-2H3/b7-5-,12-10+;. The summed E-state index contributed by atoms with van der Waals surface area (Å²) >= 11 is 0. The Morgan fingerprint density at radius 1 is 0.545 bits per heavy atom. The van der Waals surface area contributed by atoms with E-state index in [9.17, 15) is 0 Å². The molecule has 132 valence electrons. The van der Waals surface area contributed by atoms with Gasteiger partial charge in [0, 0.05) is 0 Å². The van der Waals surface area contributed by atoms with Crippen molar-refractivity contribution in [3.8, 4) is 0 Å². The second-order valence-corrected chi connectivity index (χ2v) is 5.53. The van der Waals surface area contributed by atoms with E-state index in [1.807, 2.05) is 0 Å². The molecule has 2 heteroatoms. The van der Waals surface area contributed by atoms with E-state index >= 15 is 0 Å². The first-order valence-electron chi connectivity index (χ1n) is 9.20. The molecule has 0 aliphatic heterocycles. The summed E-state index contributed by atoms with van der Waals surface area (Å²) in [6.45, 7) is 4.46. The van der Waals surface area contributed by atoms with Crippen LogP contribution in [-0.4, -0.2) is 14.2 Å². The highest BCUT2D eigenvalue weighted by Crippen LogP contribution is 2.09. The van der Waals surface area contributed by atoms with Gasteiger partial charge in [0.15, 0.2) is 0 Å². The molecular weight excluding hydrogens is 272 g/mol. The van der Waals surface area contributed by atoms with Gasteiger partial charge in [-0.25, -0.2) is 9.78 Å². The van der Waals surface area contributed by atoms with Crippen molar-refractivity contribution in [2.75, 3.05) is 14.2 Å². The number of unbranched alkanes of at least 4 members (excludes halogenated alkanes) is 9. The molecular formula is C20H40O2. The van der Waals surface area contributed by atoms with E-state index < -0.39 is 0 Å². The highest BCUT2D eigenvalue weighted by molar-refractivity contribution is 4.81. The van der Waals surface area contributed by atoms with Crippen molar-refractivity contribution in [3.63, 3.8) is 0 Å². The van der Waals surface area contributed by atoms with Gasteiger partial charge in [0.25, 0.3) is 0 Å². The SMILES string of the molecule is CC/C=C\CCCCCCCC/C=C/CCCC.COOC. The molecule has 0 amide bonds. The van der Waals surface area contributed by atoms with Gasteiger partial charge in [0.05, 0.1) is 14.2 Å². The second kappa shape index (κ2) is 25.4. The fraction of sp³-hybridized carbons (Fsp3) is 0.800. The van der Waals surface area contributed by atoms with Crippen LogP contribution in [0.1, 0.15) is 90.9 Å². The van der Waals surface area contributed by atoms with E-state index in [4.69, 9.17) is 0 Å². The molecule has 0 aromatic rings. The summed E-state index contributed by atoms with van der Waals surface area (Å²) in [4.78, 5) is 8.08.